The third-order valence-corrected chi connectivity index (χ3v) is 4.72. The van der Waals surface area contributed by atoms with Gasteiger partial charge in [0.05, 0.1) is 28.6 Å². The molecule has 1 aliphatic rings. The highest BCUT2D eigenvalue weighted by Crippen LogP contribution is 2.43. The maximum atomic E-state index is 11.1. The Kier molecular flexibility index (Phi) is 3.40. The van der Waals surface area contributed by atoms with Gasteiger partial charge in [0.2, 0.25) is 5.91 Å². The van der Waals surface area contributed by atoms with Crippen molar-refractivity contribution in [2.24, 2.45) is 4.36 Å². The van der Waals surface area contributed by atoms with Gasteiger partial charge in [-0.25, -0.2) is 0 Å². The van der Waals surface area contributed by atoms with E-state index in [1.165, 1.54) is 6.92 Å². The van der Waals surface area contributed by atoms with Crippen molar-refractivity contribution in [1.29, 1.82) is 0 Å². The molecule has 4 nitrogen and oxygen atoms in total. The number of methoxy groups -OCH3 is 1. The Morgan fingerprint density at radius 1 is 1.59 bits per heavy atom. The van der Waals surface area contributed by atoms with Gasteiger partial charge in [0.15, 0.2) is 0 Å². The summed E-state index contributed by atoms with van der Waals surface area (Å²) in [5.74, 6) is 1.24. The van der Waals surface area contributed by atoms with Gasteiger partial charge in [-0.15, -0.1) is 0 Å². The first-order chi connectivity index (χ1) is 8.04. The van der Waals surface area contributed by atoms with Crippen LogP contribution in [0, 0.1) is 0 Å². The number of amides is 1. The Labute approximate surface area is 108 Å². The molecule has 0 radical (unpaired) electrons. The van der Waals surface area contributed by atoms with Crippen LogP contribution in [0.5, 0.6) is 5.75 Å². The predicted octanol–water partition coefficient (Wildman–Crippen LogP) is 2.46. The molecule has 0 fully saturated rings. The molecule has 1 heterocycles. The van der Waals surface area contributed by atoms with Crippen molar-refractivity contribution in [3.8, 4) is 5.75 Å². The van der Waals surface area contributed by atoms with Gasteiger partial charge in [-0.05, 0) is 22.8 Å². The lowest BCUT2D eigenvalue weighted by Crippen LogP contribution is -2.14. The van der Waals surface area contributed by atoms with Gasteiger partial charge in [0, 0.05) is 14.0 Å². The molecule has 0 saturated heterocycles. The molecule has 17 heavy (non-hydrogen) atoms. The highest BCUT2D eigenvalue weighted by Gasteiger charge is 2.28. The standard InChI is InChI=1S/C11H13ClN2O2S/c1-7(15)13-17-6-14(2)10-8(12)4-5-9(16-3)11(10)17/h4-5H,6H2,1-3H3. The maximum absolute atomic E-state index is 11.1. The summed E-state index contributed by atoms with van der Waals surface area (Å²) >= 11 is 6.18. The second-order valence-corrected chi connectivity index (χ2v) is 5.72. The van der Waals surface area contributed by atoms with Crippen molar-refractivity contribution >= 4 is 33.9 Å². The average molecular weight is 273 g/mol. The zero-order chi connectivity index (χ0) is 12.6. The Hall–Kier alpha value is -1.07. The summed E-state index contributed by atoms with van der Waals surface area (Å²) in [6.07, 6.45) is 0. The van der Waals surface area contributed by atoms with Crippen molar-refractivity contribution in [3.05, 3.63) is 17.2 Å². The molecule has 1 amide bonds. The van der Waals surface area contributed by atoms with Crippen LogP contribution in [-0.2, 0) is 15.5 Å². The fraction of sp³-hybridized carbons (Fsp3) is 0.364. The number of carbonyl (C=O) groups is 1. The van der Waals surface area contributed by atoms with Crippen LogP contribution >= 0.6 is 11.6 Å². The minimum Gasteiger partial charge on any atom is -0.495 e. The number of fused-ring (bicyclic) bond motifs is 1. The molecular formula is C11H13ClN2O2S. The SMILES string of the molecule is COc1ccc(Cl)c2c1S(=NC(C)=O)CN2C. The molecule has 0 spiro atoms. The largest absolute Gasteiger partial charge is 0.495 e. The second kappa shape index (κ2) is 4.66. The van der Waals surface area contributed by atoms with E-state index in [-0.39, 0.29) is 5.91 Å². The summed E-state index contributed by atoms with van der Waals surface area (Å²) in [6.45, 7) is 1.46. The lowest BCUT2D eigenvalue weighted by molar-refractivity contribution is -0.115. The van der Waals surface area contributed by atoms with Gasteiger partial charge in [0.1, 0.15) is 5.75 Å². The van der Waals surface area contributed by atoms with Crippen molar-refractivity contribution < 1.29 is 9.53 Å². The van der Waals surface area contributed by atoms with E-state index in [4.69, 9.17) is 16.3 Å². The van der Waals surface area contributed by atoms with Crippen LogP contribution in [0.15, 0.2) is 21.4 Å². The summed E-state index contributed by atoms with van der Waals surface area (Å²) in [6, 6.07) is 3.62. The molecule has 0 bridgehead atoms. The molecular weight excluding hydrogens is 260 g/mol. The number of hydrogen-bond acceptors (Lipinski definition) is 3. The number of hydrogen-bond donors (Lipinski definition) is 0. The van der Waals surface area contributed by atoms with Gasteiger partial charge in [-0.2, -0.15) is 4.36 Å². The highest BCUT2D eigenvalue weighted by atomic mass is 35.5. The lowest BCUT2D eigenvalue weighted by atomic mass is 10.3. The molecule has 0 N–H and O–H groups in total. The van der Waals surface area contributed by atoms with Crippen LogP contribution in [0.2, 0.25) is 5.02 Å². The molecule has 0 saturated carbocycles. The summed E-state index contributed by atoms with van der Waals surface area (Å²) in [4.78, 5) is 14.1. The van der Waals surface area contributed by atoms with Gasteiger partial charge in [-0.3, -0.25) is 4.79 Å². The van der Waals surface area contributed by atoms with E-state index >= 15 is 0 Å². The van der Waals surface area contributed by atoms with Crippen LogP contribution in [0.4, 0.5) is 5.69 Å². The normalized spacial score (nSPS) is 18.4. The van der Waals surface area contributed by atoms with E-state index in [2.05, 4.69) is 4.36 Å². The summed E-state index contributed by atoms with van der Waals surface area (Å²) < 4.78 is 9.45. The fourth-order valence-electron chi connectivity index (χ4n) is 1.81. The molecule has 1 aliphatic heterocycles. The Bertz CT molecular complexity index is 516. The first-order valence-electron chi connectivity index (χ1n) is 5.05. The molecule has 1 aromatic rings. The third-order valence-electron chi connectivity index (χ3n) is 2.44. The van der Waals surface area contributed by atoms with E-state index in [9.17, 15) is 4.79 Å². The minimum absolute atomic E-state index is 0.170. The second-order valence-electron chi connectivity index (χ2n) is 3.73. The number of anilines is 1. The molecule has 0 aliphatic carbocycles. The van der Waals surface area contributed by atoms with Gasteiger partial charge < -0.3 is 9.64 Å². The minimum atomic E-state index is -0.492. The molecule has 1 unspecified atom stereocenters. The van der Waals surface area contributed by atoms with E-state index < -0.39 is 10.7 Å². The summed E-state index contributed by atoms with van der Waals surface area (Å²) in [5.41, 5.74) is 0.916. The third kappa shape index (κ3) is 2.17. The van der Waals surface area contributed by atoms with Crippen LogP contribution < -0.4 is 9.64 Å². The molecule has 1 atom stereocenters. The zero-order valence-electron chi connectivity index (χ0n) is 9.86. The first-order valence-corrected chi connectivity index (χ1v) is 6.78. The molecule has 2 rings (SSSR count). The number of nitrogens with zero attached hydrogens (tertiary/aromatic N) is 2. The topological polar surface area (TPSA) is 41.9 Å². The molecule has 1 aromatic carbocycles. The van der Waals surface area contributed by atoms with E-state index in [0.717, 1.165) is 16.3 Å². The Morgan fingerprint density at radius 2 is 2.29 bits per heavy atom. The Balaban J connectivity index is 2.66. The number of carbonyl (C=O) groups excluding carboxylic acids is 1. The quantitative estimate of drug-likeness (QED) is 0.789. The van der Waals surface area contributed by atoms with Gasteiger partial charge in [-0.1, -0.05) is 11.6 Å². The highest BCUT2D eigenvalue weighted by molar-refractivity contribution is 7.88. The summed E-state index contributed by atoms with van der Waals surface area (Å²) in [5, 5.41) is 0.664. The Morgan fingerprint density at radius 3 is 2.88 bits per heavy atom. The first kappa shape index (κ1) is 12.4. The summed E-state index contributed by atoms with van der Waals surface area (Å²) in [7, 11) is 3.05. The predicted molar refractivity (Wildman–Crippen MR) is 70.0 cm³/mol. The van der Waals surface area contributed by atoms with Gasteiger partial charge in [0.25, 0.3) is 0 Å². The fourth-order valence-corrected chi connectivity index (χ4v) is 4.13. The molecule has 6 heteroatoms. The van der Waals surface area contributed by atoms with E-state index in [0.29, 0.717) is 10.9 Å². The number of ether oxygens (including phenoxy) is 1. The monoisotopic (exact) mass is 272 g/mol. The molecule has 0 aromatic heterocycles. The van der Waals surface area contributed by atoms with Crippen LogP contribution in [0.25, 0.3) is 0 Å². The van der Waals surface area contributed by atoms with Crippen LogP contribution in [0.3, 0.4) is 0 Å². The van der Waals surface area contributed by atoms with E-state index in [1.807, 2.05) is 18.0 Å². The van der Waals surface area contributed by atoms with Crippen LogP contribution in [-0.4, -0.2) is 25.9 Å². The smallest absolute Gasteiger partial charge is 0.248 e. The average Bonchev–Trinajstić information content (AvgIpc) is 2.57. The zero-order valence-corrected chi connectivity index (χ0v) is 11.4. The number of benzene rings is 1. The van der Waals surface area contributed by atoms with Crippen molar-refractivity contribution in [2.75, 3.05) is 24.9 Å². The number of halogens is 1. The van der Waals surface area contributed by atoms with Crippen molar-refractivity contribution in [3.63, 3.8) is 0 Å². The van der Waals surface area contributed by atoms with Crippen molar-refractivity contribution in [2.45, 2.75) is 11.8 Å². The van der Waals surface area contributed by atoms with Crippen molar-refractivity contribution in [1.82, 2.24) is 0 Å². The van der Waals surface area contributed by atoms with Gasteiger partial charge >= 0.3 is 0 Å². The number of rotatable bonds is 1. The lowest BCUT2D eigenvalue weighted by Gasteiger charge is -2.13. The maximum Gasteiger partial charge on any atom is 0.248 e. The van der Waals surface area contributed by atoms with Crippen LogP contribution in [0.1, 0.15) is 6.92 Å². The van der Waals surface area contributed by atoms with E-state index in [1.54, 1.807) is 13.2 Å². The molecule has 92 valence electrons.